The molecule has 0 saturated heterocycles. The van der Waals surface area contributed by atoms with Crippen LogP contribution in [0.15, 0.2) is 30.3 Å². The van der Waals surface area contributed by atoms with Crippen molar-refractivity contribution in [2.24, 2.45) is 5.41 Å². The Morgan fingerprint density at radius 1 is 1.14 bits per heavy atom. The molecule has 3 rings (SSSR count). The van der Waals surface area contributed by atoms with Gasteiger partial charge in [-0.3, -0.25) is 4.79 Å². The summed E-state index contributed by atoms with van der Waals surface area (Å²) >= 11 is 0. The van der Waals surface area contributed by atoms with Crippen LogP contribution in [0, 0.1) is 5.41 Å². The van der Waals surface area contributed by atoms with E-state index in [0.29, 0.717) is 0 Å². The first kappa shape index (κ1) is 14.1. The van der Waals surface area contributed by atoms with Crippen molar-refractivity contribution in [2.75, 3.05) is 0 Å². The van der Waals surface area contributed by atoms with Crippen molar-refractivity contribution >= 4 is 16.7 Å². The molecule has 0 unspecified atom stereocenters. The van der Waals surface area contributed by atoms with Gasteiger partial charge in [-0.2, -0.15) is 0 Å². The molecule has 2 heteroatoms. The van der Waals surface area contributed by atoms with Gasteiger partial charge in [0.25, 0.3) is 0 Å². The number of hydrogen-bond acceptors (Lipinski definition) is 1. The summed E-state index contributed by atoms with van der Waals surface area (Å²) in [5.41, 5.74) is 4.13. The minimum Gasteiger partial charge on any atom is -0.481 e. The van der Waals surface area contributed by atoms with Gasteiger partial charge in [0.2, 0.25) is 0 Å². The standard InChI is InChI=1S/C19H22O2/c1-19(2,12-17(20)21)11-10-13-6-7-15-9-8-14-4-3-5-16(13)18(14)15/h3-7H,8-12H2,1-2H3,(H,20,21). The Balaban J connectivity index is 1.87. The number of aliphatic carboxylic acids is 1. The zero-order chi connectivity index (χ0) is 15.0. The molecule has 0 amide bonds. The summed E-state index contributed by atoms with van der Waals surface area (Å²) in [6, 6.07) is 11.1. The summed E-state index contributed by atoms with van der Waals surface area (Å²) in [5, 5.41) is 11.8. The molecular weight excluding hydrogens is 260 g/mol. The number of rotatable bonds is 5. The summed E-state index contributed by atoms with van der Waals surface area (Å²) in [4.78, 5) is 10.9. The van der Waals surface area contributed by atoms with Crippen LogP contribution in [-0.4, -0.2) is 11.1 Å². The predicted molar refractivity (Wildman–Crippen MR) is 85.7 cm³/mol. The number of carboxylic acids is 1. The van der Waals surface area contributed by atoms with Crippen molar-refractivity contribution < 1.29 is 9.90 Å². The second-order valence-corrected chi connectivity index (χ2v) is 6.96. The van der Waals surface area contributed by atoms with E-state index < -0.39 is 5.97 Å². The Morgan fingerprint density at radius 2 is 1.86 bits per heavy atom. The van der Waals surface area contributed by atoms with E-state index in [2.05, 4.69) is 30.3 Å². The van der Waals surface area contributed by atoms with E-state index in [4.69, 9.17) is 5.11 Å². The number of carboxylic acid groups (broad SMARTS) is 1. The Hall–Kier alpha value is -1.83. The fourth-order valence-corrected chi connectivity index (χ4v) is 3.50. The van der Waals surface area contributed by atoms with Crippen molar-refractivity contribution in [3.8, 4) is 0 Å². The van der Waals surface area contributed by atoms with Gasteiger partial charge >= 0.3 is 5.97 Å². The van der Waals surface area contributed by atoms with E-state index in [0.717, 1.165) is 25.7 Å². The van der Waals surface area contributed by atoms with Crippen molar-refractivity contribution in [1.82, 2.24) is 0 Å². The molecule has 0 fully saturated rings. The number of carbonyl (C=O) groups is 1. The van der Waals surface area contributed by atoms with Crippen molar-refractivity contribution in [3.63, 3.8) is 0 Å². The van der Waals surface area contributed by atoms with Crippen LogP contribution >= 0.6 is 0 Å². The number of hydrogen-bond donors (Lipinski definition) is 1. The number of benzene rings is 2. The van der Waals surface area contributed by atoms with Gasteiger partial charge < -0.3 is 5.11 Å². The molecule has 110 valence electrons. The van der Waals surface area contributed by atoms with Gasteiger partial charge in [-0.1, -0.05) is 44.2 Å². The highest BCUT2D eigenvalue weighted by molar-refractivity contribution is 5.93. The second-order valence-electron chi connectivity index (χ2n) is 6.96. The van der Waals surface area contributed by atoms with Crippen LogP contribution in [0.1, 0.15) is 43.4 Å². The minimum atomic E-state index is -0.708. The smallest absolute Gasteiger partial charge is 0.303 e. The van der Waals surface area contributed by atoms with E-state index in [9.17, 15) is 4.79 Å². The molecule has 0 aromatic heterocycles. The van der Waals surface area contributed by atoms with Crippen LogP contribution in [-0.2, 0) is 24.1 Å². The van der Waals surface area contributed by atoms with Gasteiger partial charge in [0, 0.05) is 0 Å². The van der Waals surface area contributed by atoms with Crippen LogP contribution in [0.25, 0.3) is 10.8 Å². The van der Waals surface area contributed by atoms with Gasteiger partial charge in [-0.15, -0.1) is 0 Å². The molecule has 0 spiro atoms. The highest BCUT2D eigenvalue weighted by Gasteiger charge is 2.22. The predicted octanol–water partition coefficient (Wildman–Crippen LogP) is 4.37. The Morgan fingerprint density at radius 3 is 2.57 bits per heavy atom. The normalized spacial score (nSPS) is 13.8. The maximum atomic E-state index is 10.9. The molecule has 1 aliphatic rings. The van der Waals surface area contributed by atoms with Crippen LogP contribution in [0.2, 0.25) is 0 Å². The molecule has 2 nitrogen and oxygen atoms in total. The van der Waals surface area contributed by atoms with Crippen molar-refractivity contribution in [3.05, 3.63) is 47.0 Å². The molecule has 1 aliphatic carbocycles. The van der Waals surface area contributed by atoms with Crippen LogP contribution in [0.3, 0.4) is 0 Å². The first-order chi connectivity index (χ1) is 9.96. The molecule has 0 heterocycles. The minimum absolute atomic E-state index is 0.158. The average molecular weight is 282 g/mol. The van der Waals surface area contributed by atoms with Gasteiger partial charge in [-0.25, -0.2) is 0 Å². The number of aryl methyl sites for hydroxylation is 3. The summed E-state index contributed by atoms with van der Waals surface area (Å²) in [6.45, 7) is 4.09. The first-order valence-corrected chi connectivity index (χ1v) is 7.70. The third-order valence-electron chi connectivity index (χ3n) is 4.67. The molecule has 0 radical (unpaired) electrons. The lowest BCUT2D eigenvalue weighted by Crippen LogP contribution is -2.17. The third-order valence-corrected chi connectivity index (χ3v) is 4.67. The Kier molecular flexibility index (Phi) is 3.48. The maximum absolute atomic E-state index is 10.9. The summed E-state index contributed by atoms with van der Waals surface area (Å²) in [5.74, 6) is -0.708. The summed E-state index contributed by atoms with van der Waals surface area (Å²) in [6.07, 6.45) is 4.38. The first-order valence-electron chi connectivity index (χ1n) is 7.70. The van der Waals surface area contributed by atoms with E-state index in [1.807, 2.05) is 13.8 Å². The van der Waals surface area contributed by atoms with E-state index in [1.54, 1.807) is 0 Å². The van der Waals surface area contributed by atoms with E-state index in [1.165, 1.54) is 27.5 Å². The largest absolute Gasteiger partial charge is 0.481 e. The molecule has 21 heavy (non-hydrogen) atoms. The SMILES string of the molecule is CC(C)(CCc1ccc2c3c(cccc13)CC2)CC(=O)O. The van der Waals surface area contributed by atoms with E-state index >= 15 is 0 Å². The lowest BCUT2D eigenvalue weighted by atomic mass is 9.82. The molecule has 1 N–H and O–H groups in total. The zero-order valence-electron chi connectivity index (χ0n) is 12.8. The highest BCUT2D eigenvalue weighted by atomic mass is 16.4. The average Bonchev–Trinajstić information content (AvgIpc) is 2.82. The monoisotopic (exact) mass is 282 g/mol. The third kappa shape index (κ3) is 2.80. The van der Waals surface area contributed by atoms with Crippen molar-refractivity contribution in [2.45, 2.75) is 46.0 Å². The van der Waals surface area contributed by atoms with Gasteiger partial charge in [-0.05, 0) is 58.6 Å². The molecule has 0 atom stereocenters. The van der Waals surface area contributed by atoms with E-state index in [-0.39, 0.29) is 11.8 Å². The molecule has 2 aromatic rings. The molecule has 0 saturated carbocycles. The summed E-state index contributed by atoms with van der Waals surface area (Å²) in [7, 11) is 0. The van der Waals surface area contributed by atoms with Crippen molar-refractivity contribution in [1.29, 1.82) is 0 Å². The fourth-order valence-electron chi connectivity index (χ4n) is 3.50. The quantitative estimate of drug-likeness (QED) is 0.884. The Labute approximate surface area is 125 Å². The van der Waals surface area contributed by atoms with Gasteiger partial charge in [0.1, 0.15) is 0 Å². The fraction of sp³-hybridized carbons (Fsp3) is 0.421. The lowest BCUT2D eigenvalue weighted by molar-refractivity contribution is -0.139. The molecular formula is C19H22O2. The van der Waals surface area contributed by atoms with Gasteiger partial charge in [0.05, 0.1) is 6.42 Å². The second kappa shape index (κ2) is 5.18. The zero-order valence-corrected chi connectivity index (χ0v) is 12.8. The molecule has 2 aromatic carbocycles. The van der Waals surface area contributed by atoms with Crippen LogP contribution < -0.4 is 0 Å². The van der Waals surface area contributed by atoms with Crippen LogP contribution in [0.5, 0.6) is 0 Å². The topological polar surface area (TPSA) is 37.3 Å². The van der Waals surface area contributed by atoms with Gasteiger partial charge in [0.15, 0.2) is 0 Å². The lowest BCUT2D eigenvalue weighted by Gasteiger charge is -2.22. The Bertz CT molecular complexity index is 688. The highest BCUT2D eigenvalue weighted by Crippen LogP contribution is 2.35. The maximum Gasteiger partial charge on any atom is 0.303 e. The summed E-state index contributed by atoms with van der Waals surface area (Å²) < 4.78 is 0. The molecule has 0 bridgehead atoms. The van der Waals surface area contributed by atoms with Crippen LogP contribution in [0.4, 0.5) is 0 Å². The molecule has 0 aliphatic heterocycles.